The van der Waals surface area contributed by atoms with Crippen molar-refractivity contribution in [2.24, 2.45) is 0 Å². The first-order valence-corrected chi connectivity index (χ1v) is 11.2. The van der Waals surface area contributed by atoms with E-state index in [9.17, 15) is 14.7 Å². The minimum Gasteiger partial charge on any atom is -0.485 e. The first-order chi connectivity index (χ1) is 15.5. The first kappa shape index (κ1) is 21.8. The summed E-state index contributed by atoms with van der Waals surface area (Å²) in [5.74, 6) is 0.116. The van der Waals surface area contributed by atoms with Crippen molar-refractivity contribution in [2.45, 2.75) is 51.0 Å². The summed E-state index contributed by atoms with van der Waals surface area (Å²) in [5, 5.41) is 9.26. The van der Waals surface area contributed by atoms with E-state index in [-0.39, 0.29) is 24.2 Å². The Morgan fingerprint density at radius 1 is 0.938 bits per heavy atom. The van der Waals surface area contributed by atoms with Crippen LogP contribution in [0, 0.1) is 0 Å². The lowest BCUT2D eigenvalue weighted by Gasteiger charge is -2.28. The number of ketones is 1. The summed E-state index contributed by atoms with van der Waals surface area (Å²) in [4.78, 5) is 23.9. The summed E-state index contributed by atoms with van der Waals surface area (Å²) in [6, 6.07) is 23.7. The number of carboxylic acid groups (broad SMARTS) is 1. The summed E-state index contributed by atoms with van der Waals surface area (Å²) in [6.45, 7) is 2.14. The number of carboxylic acids is 1. The number of Topliss-reactive ketones (excluding diaryl/α,β-unsaturated/α-hetero) is 1. The summed E-state index contributed by atoms with van der Waals surface area (Å²) in [5.41, 5.74) is 5.01. The Morgan fingerprint density at radius 3 is 2.25 bits per heavy atom. The van der Waals surface area contributed by atoms with Crippen molar-refractivity contribution in [1.82, 2.24) is 0 Å². The van der Waals surface area contributed by atoms with Crippen LogP contribution in [0.4, 0.5) is 0 Å². The molecule has 0 saturated heterocycles. The normalized spacial score (nSPS) is 15.0. The monoisotopic (exact) mass is 428 g/mol. The number of rotatable bonds is 8. The van der Waals surface area contributed by atoms with Gasteiger partial charge in [-0.2, -0.15) is 0 Å². The molecule has 164 valence electrons. The van der Waals surface area contributed by atoms with Crippen molar-refractivity contribution < 1.29 is 19.4 Å². The smallest absolute Gasteiger partial charge is 0.303 e. The van der Waals surface area contributed by atoms with Crippen LogP contribution in [0.5, 0.6) is 5.75 Å². The Hall–Kier alpha value is -3.40. The lowest BCUT2D eigenvalue weighted by atomic mass is 9.81. The van der Waals surface area contributed by atoms with Gasteiger partial charge in [-0.25, -0.2) is 0 Å². The van der Waals surface area contributed by atoms with Crippen LogP contribution in [0.15, 0.2) is 72.8 Å². The van der Waals surface area contributed by atoms with E-state index >= 15 is 0 Å². The Kier molecular flexibility index (Phi) is 6.69. The van der Waals surface area contributed by atoms with E-state index in [1.165, 1.54) is 0 Å². The molecule has 32 heavy (non-hydrogen) atoms. The van der Waals surface area contributed by atoms with Crippen LogP contribution in [0.1, 0.15) is 77.2 Å². The zero-order valence-corrected chi connectivity index (χ0v) is 18.3. The van der Waals surface area contributed by atoms with Gasteiger partial charge >= 0.3 is 5.97 Å². The number of hydrogen-bond donors (Lipinski definition) is 1. The van der Waals surface area contributed by atoms with Crippen LogP contribution in [0.3, 0.4) is 0 Å². The quantitative estimate of drug-likeness (QED) is 0.454. The highest BCUT2D eigenvalue weighted by molar-refractivity contribution is 5.99. The van der Waals surface area contributed by atoms with Crippen molar-refractivity contribution in [3.8, 4) is 5.75 Å². The summed E-state index contributed by atoms with van der Waals surface area (Å²) < 4.78 is 6.55. The van der Waals surface area contributed by atoms with Gasteiger partial charge in [-0.15, -0.1) is 0 Å². The first-order valence-electron chi connectivity index (χ1n) is 11.2. The molecule has 0 spiro atoms. The van der Waals surface area contributed by atoms with Gasteiger partial charge in [0.25, 0.3) is 0 Å². The maximum absolute atomic E-state index is 12.6. The molecule has 2 atom stereocenters. The lowest BCUT2D eigenvalue weighted by molar-refractivity contribution is -0.137. The Balaban J connectivity index is 1.78. The third-order valence-corrected chi connectivity index (χ3v) is 6.24. The van der Waals surface area contributed by atoms with Gasteiger partial charge in [0, 0.05) is 29.9 Å². The molecule has 0 amide bonds. The van der Waals surface area contributed by atoms with Crippen LogP contribution in [-0.2, 0) is 11.2 Å². The number of hydrogen-bond acceptors (Lipinski definition) is 3. The fourth-order valence-electron chi connectivity index (χ4n) is 4.59. The second-order valence-corrected chi connectivity index (χ2v) is 8.36. The van der Waals surface area contributed by atoms with E-state index in [0.29, 0.717) is 12.8 Å². The van der Waals surface area contributed by atoms with E-state index in [1.54, 1.807) is 0 Å². The predicted molar refractivity (Wildman–Crippen MR) is 124 cm³/mol. The maximum Gasteiger partial charge on any atom is 0.303 e. The molecule has 4 nitrogen and oxygen atoms in total. The van der Waals surface area contributed by atoms with Crippen molar-refractivity contribution in [3.63, 3.8) is 0 Å². The fraction of sp³-hybridized carbons (Fsp3) is 0.286. The van der Waals surface area contributed by atoms with Gasteiger partial charge in [-0.05, 0) is 48.1 Å². The molecule has 0 heterocycles. The number of fused-ring (bicyclic) bond motifs is 1. The minimum absolute atomic E-state index is 0.0204. The maximum atomic E-state index is 12.6. The van der Waals surface area contributed by atoms with Gasteiger partial charge in [0.05, 0.1) is 0 Å². The van der Waals surface area contributed by atoms with Gasteiger partial charge in [0.1, 0.15) is 11.9 Å². The Labute approximate surface area is 188 Å². The molecular formula is C28H28O4. The van der Waals surface area contributed by atoms with Crippen LogP contribution >= 0.6 is 0 Å². The van der Waals surface area contributed by atoms with Gasteiger partial charge in [0.15, 0.2) is 5.78 Å². The third kappa shape index (κ3) is 4.75. The standard InChI is InChI=1S/C28H28O4/c1-19(20-9-4-2-5-10-20)28-23-13-8-14-24(29)22(23)15-16-26(28)32-25(17-18-27(30)31)21-11-6-3-7-12-21/h2-7,9-12,15-16,19,25H,8,13-14,17-18H2,1H3,(H,30,31). The Bertz CT molecular complexity index is 1090. The SMILES string of the molecule is CC(c1ccccc1)c1c(OC(CCC(=O)O)c2ccccc2)ccc2c1CCCC2=O. The summed E-state index contributed by atoms with van der Waals surface area (Å²) >= 11 is 0. The van der Waals surface area contributed by atoms with Gasteiger partial charge in [-0.3, -0.25) is 9.59 Å². The molecule has 3 aromatic rings. The molecule has 4 heteroatoms. The molecule has 0 aliphatic heterocycles. The molecule has 0 fully saturated rings. The summed E-state index contributed by atoms with van der Waals surface area (Å²) in [6.07, 6.45) is 2.27. The van der Waals surface area contributed by atoms with Gasteiger partial charge in [0.2, 0.25) is 0 Å². The van der Waals surface area contributed by atoms with Crippen molar-refractivity contribution >= 4 is 11.8 Å². The highest BCUT2D eigenvalue weighted by Gasteiger charge is 2.27. The van der Waals surface area contributed by atoms with Crippen LogP contribution in [0.2, 0.25) is 0 Å². The van der Waals surface area contributed by atoms with E-state index in [1.807, 2.05) is 60.7 Å². The number of benzene rings is 3. The van der Waals surface area contributed by atoms with E-state index in [4.69, 9.17) is 4.74 Å². The second-order valence-electron chi connectivity index (χ2n) is 8.36. The number of carbonyl (C=O) groups is 2. The fourth-order valence-corrected chi connectivity index (χ4v) is 4.59. The number of ether oxygens (including phenoxy) is 1. The zero-order chi connectivity index (χ0) is 22.5. The minimum atomic E-state index is -0.844. The van der Waals surface area contributed by atoms with E-state index in [0.717, 1.165) is 46.4 Å². The zero-order valence-electron chi connectivity index (χ0n) is 18.3. The molecule has 1 aliphatic rings. The molecule has 3 aromatic carbocycles. The van der Waals surface area contributed by atoms with Crippen LogP contribution in [0.25, 0.3) is 0 Å². The van der Waals surface area contributed by atoms with Crippen molar-refractivity contribution in [3.05, 3.63) is 101 Å². The molecule has 1 N–H and O–H groups in total. The predicted octanol–water partition coefficient (Wildman–Crippen LogP) is 6.34. The topological polar surface area (TPSA) is 63.6 Å². The van der Waals surface area contributed by atoms with Crippen molar-refractivity contribution in [2.75, 3.05) is 0 Å². The second kappa shape index (κ2) is 9.82. The molecule has 0 radical (unpaired) electrons. The molecule has 0 saturated carbocycles. The number of aliphatic carboxylic acids is 1. The van der Waals surface area contributed by atoms with Gasteiger partial charge in [-0.1, -0.05) is 67.6 Å². The van der Waals surface area contributed by atoms with E-state index < -0.39 is 5.97 Å². The highest BCUT2D eigenvalue weighted by atomic mass is 16.5. The average molecular weight is 429 g/mol. The number of carbonyl (C=O) groups excluding carboxylic acids is 1. The molecule has 4 rings (SSSR count). The van der Waals surface area contributed by atoms with Crippen LogP contribution < -0.4 is 4.74 Å². The molecular weight excluding hydrogens is 400 g/mol. The van der Waals surface area contributed by atoms with E-state index in [2.05, 4.69) is 19.1 Å². The van der Waals surface area contributed by atoms with Gasteiger partial charge < -0.3 is 9.84 Å². The largest absolute Gasteiger partial charge is 0.485 e. The average Bonchev–Trinajstić information content (AvgIpc) is 2.82. The Morgan fingerprint density at radius 2 is 1.59 bits per heavy atom. The highest BCUT2D eigenvalue weighted by Crippen LogP contribution is 2.41. The van der Waals surface area contributed by atoms with Crippen LogP contribution in [-0.4, -0.2) is 16.9 Å². The third-order valence-electron chi connectivity index (χ3n) is 6.24. The molecule has 1 aliphatic carbocycles. The molecule has 2 unspecified atom stereocenters. The summed E-state index contributed by atoms with van der Waals surface area (Å²) in [7, 11) is 0. The molecule has 0 bridgehead atoms. The van der Waals surface area contributed by atoms with Crippen molar-refractivity contribution in [1.29, 1.82) is 0 Å². The molecule has 0 aromatic heterocycles. The lowest BCUT2D eigenvalue weighted by Crippen LogP contribution is -2.17.